The molecule has 9 heteroatoms. The van der Waals surface area contributed by atoms with Gasteiger partial charge in [0.15, 0.2) is 17.3 Å². The first-order chi connectivity index (χ1) is 14.6. The first-order valence-corrected chi connectivity index (χ1v) is 11.0. The number of carbonyl (C=O) groups is 2. The molecule has 166 valence electrons. The van der Waals surface area contributed by atoms with Crippen LogP contribution in [0.25, 0.3) is 6.08 Å². The number of rotatable bonds is 11. The van der Waals surface area contributed by atoms with Crippen LogP contribution in [-0.4, -0.2) is 45.0 Å². The lowest BCUT2D eigenvalue weighted by Crippen LogP contribution is -2.26. The third kappa shape index (κ3) is 6.94. The molecule has 0 bridgehead atoms. The minimum Gasteiger partial charge on any atom is -0.493 e. The summed E-state index contributed by atoms with van der Waals surface area (Å²) >= 11 is 0. The molecular formula is C22H25NO7S. The normalized spacial score (nSPS) is 11.6. The fourth-order valence-electron chi connectivity index (χ4n) is 2.62. The molecule has 0 saturated carbocycles. The highest BCUT2D eigenvalue weighted by molar-refractivity contribution is 7.89. The van der Waals surface area contributed by atoms with Crippen molar-refractivity contribution in [3.05, 3.63) is 59.7 Å². The molecule has 31 heavy (non-hydrogen) atoms. The summed E-state index contributed by atoms with van der Waals surface area (Å²) in [5.74, 6) is -0.347. The molecule has 2 aromatic rings. The van der Waals surface area contributed by atoms with Crippen molar-refractivity contribution >= 4 is 27.9 Å². The maximum atomic E-state index is 12.5. The molecule has 0 aliphatic heterocycles. The maximum absolute atomic E-state index is 12.5. The van der Waals surface area contributed by atoms with E-state index in [0.29, 0.717) is 22.6 Å². The van der Waals surface area contributed by atoms with E-state index in [9.17, 15) is 18.0 Å². The number of sulfonamides is 1. The van der Waals surface area contributed by atoms with Gasteiger partial charge in [-0.2, -0.15) is 0 Å². The van der Waals surface area contributed by atoms with E-state index >= 15 is 0 Å². The highest BCUT2D eigenvalue weighted by Gasteiger charge is 2.15. The van der Waals surface area contributed by atoms with Crippen LogP contribution in [0.5, 0.6) is 11.5 Å². The van der Waals surface area contributed by atoms with Crippen molar-refractivity contribution in [3.63, 3.8) is 0 Å². The number of aliphatic carboxylic acids is 1. The number of carbonyl (C=O) groups excluding carboxylic acids is 1. The van der Waals surface area contributed by atoms with Crippen LogP contribution in [0.1, 0.15) is 36.2 Å². The van der Waals surface area contributed by atoms with E-state index in [2.05, 4.69) is 4.72 Å². The molecule has 0 atom stereocenters. The lowest BCUT2D eigenvalue weighted by atomic mass is 10.1. The van der Waals surface area contributed by atoms with Gasteiger partial charge in [-0.3, -0.25) is 9.59 Å². The highest BCUT2D eigenvalue weighted by atomic mass is 32.2. The minimum atomic E-state index is -3.85. The minimum absolute atomic E-state index is 0.0566. The van der Waals surface area contributed by atoms with Crippen molar-refractivity contribution in [2.24, 2.45) is 0 Å². The van der Waals surface area contributed by atoms with E-state index in [1.165, 1.54) is 37.5 Å². The molecule has 0 radical (unpaired) electrons. The first-order valence-electron chi connectivity index (χ1n) is 9.51. The van der Waals surface area contributed by atoms with Crippen molar-refractivity contribution < 1.29 is 32.6 Å². The second kappa shape index (κ2) is 10.7. The first kappa shape index (κ1) is 24.1. The Hall–Kier alpha value is -3.17. The molecule has 0 aromatic heterocycles. The van der Waals surface area contributed by atoms with Crippen LogP contribution in [0.4, 0.5) is 0 Å². The Morgan fingerprint density at radius 1 is 1.13 bits per heavy atom. The van der Waals surface area contributed by atoms with Gasteiger partial charge in [0, 0.05) is 17.7 Å². The standard InChI is InChI=1S/C22H25NO7S/c1-15(2)30-22-17(5-4-6-20(22)29-3)9-12-19(24)16-7-10-18(11-8-16)31(27,28)23-14-13-21(25)26/h4-12,15,23H,13-14H2,1-3H3,(H,25,26)/b12-9+. The topological polar surface area (TPSA) is 119 Å². The van der Waals surface area contributed by atoms with Crippen molar-refractivity contribution in [2.45, 2.75) is 31.3 Å². The van der Waals surface area contributed by atoms with Crippen molar-refractivity contribution in [2.75, 3.05) is 13.7 Å². The molecule has 0 aliphatic carbocycles. The Labute approximate surface area is 181 Å². The van der Waals surface area contributed by atoms with E-state index in [4.69, 9.17) is 14.6 Å². The van der Waals surface area contributed by atoms with Crippen LogP contribution >= 0.6 is 0 Å². The summed E-state index contributed by atoms with van der Waals surface area (Å²) in [4.78, 5) is 23.0. The number of ether oxygens (including phenoxy) is 2. The van der Waals surface area contributed by atoms with Crippen LogP contribution in [0.15, 0.2) is 53.4 Å². The van der Waals surface area contributed by atoms with Crippen LogP contribution < -0.4 is 14.2 Å². The number of hydrogen-bond acceptors (Lipinski definition) is 6. The van der Waals surface area contributed by atoms with Gasteiger partial charge >= 0.3 is 5.97 Å². The largest absolute Gasteiger partial charge is 0.493 e. The van der Waals surface area contributed by atoms with Crippen LogP contribution in [-0.2, 0) is 14.8 Å². The van der Waals surface area contributed by atoms with E-state index in [-0.39, 0.29) is 29.7 Å². The SMILES string of the molecule is COc1cccc(/C=C/C(=O)c2ccc(S(=O)(=O)NCCC(=O)O)cc2)c1OC(C)C. The van der Waals surface area contributed by atoms with Crippen molar-refractivity contribution in [1.82, 2.24) is 4.72 Å². The van der Waals surface area contributed by atoms with Gasteiger partial charge in [0.2, 0.25) is 10.0 Å². The Morgan fingerprint density at radius 3 is 2.39 bits per heavy atom. The van der Waals surface area contributed by atoms with Gasteiger partial charge in [0.05, 0.1) is 24.5 Å². The van der Waals surface area contributed by atoms with E-state index in [0.717, 1.165) is 0 Å². The van der Waals surface area contributed by atoms with E-state index < -0.39 is 16.0 Å². The summed E-state index contributed by atoms with van der Waals surface area (Å²) in [6.45, 7) is 3.55. The summed E-state index contributed by atoms with van der Waals surface area (Å²) in [6.07, 6.45) is 2.57. The quantitative estimate of drug-likeness (QED) is 0.401. The fraction of sp³-hybridized carbons (Fsp3) is 0.273. The van der Waals surface area contributed by atoms with Gasteiger partial charge in [-0.05, 0) is 56.3 Å². The van der Waals surface area contributed by atoms with Crippen LogP contribution in [0.2, 0.25) is 0 Å². The second-order valence-corrected chi connectivity index (χ2v) is 8.58. The molecule has 0 saturated heterocycles. The number of benzene rings is 2. The molecule has 0 heterocycles. The molecule has 0 fully saturated rings. The second-order valence-electron chi connectivity index (χ2n) is 6.81. The van der Waals surface area contributed by atoms with Crippen LogP contribution in [0.3, 0.4) is 0 Å². The average Bonchev–Trinajstić information content (AvgIpc) is 2.72. The molecule has 0 unspecified atom stereocenters. The third-order valence-electron chi connectivity index (χ3n) is 4.08. The number of carboxylic acids is 1. The summed E-state index contributed by atoms with van der Waals surface area (Å²) < 4.78 is 37.7. The lowest BCUT2D eigenvalue weighted by Gasteiger charge is -2.15. The molecule has 8 nitrogen and oxygen atoms in total. The number of para-hydroxylation sites is 1. The predicted octanol–water partition coefficient (Wildman–Crippen LogP) is 3.13. The number of allylic oxidation sites excluding steroid dienone is 1. The number of hydrogen-bond donors (Lipinski definition) is 2. The summed E-state index contributed by atoms with van der Waals surface area (Å²) in [5, 5.41) is 8.61. The summed E-state index contributed by atoms with van der Waals surface area (Å²) in [7, 11) is -2.32. The van der Waals surface area contributed by atoms with Crippen molar-refractivity contribution in [3.8, 4) is 11.5 Å². The molecular weight excluding hydrogens is 422 g/mol. The number of methoxy groups -OCH3 is 1. The Morgan fingerprint density at radius 2 is 1.81 bits per heavy atom. The van der Waals surface area contributed by atoms with Gasteiger partial charge in [-0.15, -0.1) is 0 Å². The van der Waals surface area contributed by atoms with Crippen molar-refractivity contribution in [1.29, 1.82) is 0 Å². The molecule has 2 N–H and O–H groups in total. The highest BCUT2D eigenvalue weighted by Crippen LogP contribution is 2.33. The average molecular weight is 448 g/mol. The molecule has 2 aromatic carbocycles. The number of nitrogens with one attached hydrogen (secondary N) is 1. The zero-order chi connectivity index (χ0) is 23.0. The predicted molar refractivity (Wildman–Crippen MR) is 116 cm³/mol. The Kier molecular flexibility index (Phi) is 8.35. The number of ketones is 1. The molecule has 0 amide bonds. The van der Waals surface area contributed by atoms with E-state index in [1.54, 1.807) is 24.3 Å². The smallest absolute Gasteiger partial charge is 0.304 e. The molecule has 0 aliphatic rings. The monoisotopic (exact) mass is 447 g/mol. The number of carboxylic acid groups (broad SMARTS) is 1. The Bertz CT molecular complexity index is 1060. The zero-order valence-corrected chi connectivity index (χ0v) is 18.3. The van der Waals surface area contributed by atoms with Crippen LogP contribution in [0, 0.1) is 0 Å². The Balaban J connectivity index is 2.16. The summed E-state index contributed by atoms with van der Waals surface area (Å²) in [6, 6.07) is 10.7. The van der Waals surface area contributed by atoms with E-state index in [1.807, 2.05) is 13.8 Å². The zero-order valence-electron chi connectivity index (χ0n) is 17.5. The van der Waals surface area contributed by atoms with Gasteiger partial charge in [0.25, 0.3) is 0 Å². The lowest BCUT2D eigenvalue weighted by molar-refractivity contribution is -0.136. The molecule has 0 spiro atoms. The van der Waals surface area contributed by atoms with Gasteiger partial charge < -0.3 is 14.6 Å². The summed E-state index contributed by atoms with van der Waals surface area (Å²) in [5.41, 5.74) is 0.971. The van der Waals surface area contributed by atoms with Gasteiger partial charge in [-0.1, -0.05) is 12.1 Å². The fourth-order valence-corrected chi connectivity index (χ4v) is 3.65. The van der Waals surface area contributed by atoms with Gasteiger partial charge in [-0.25, -0.2) is 13.1 Å². The molecule has 2 rings (SSSR count). The third-order valence-corrected chi connectivity index (χ3v) is 5.55. The van der Waals surface area contributed by atoms with Gasteiger partial charge in [0.1, 0.15) is 0 Å². The maximum Gasteiger partial charge on any atom is 0.304 e.